The predicted octanol–water partition coefficient (Wildman–Crippen LogP) is 3.57. The molecule has 0 saturated heterocycles. The van der Waals surface area contributed by atoms with Crippen LogP contribution in [0.5, 0.6) is 0 Å². The molecule has 0 unspecified atom stereocenters. The summed E-state index contributed by atoms with van der Waals surface area (Å²) in [6.45, 7) is 0. The lowest BCUT2D eigenvalue weighted by Gasteiger charge is -2.24. The maximum atomic E-state index is 12.6. The van der Waals surface area contributed by atoms with Gasteiger partial charge >= 0.3 is 0 Å². The van der Waals surface area contributed by atoms with E-state index in [1.807, 2.05) is 30.3 Å². The largest absolute Gasteiger partial charge is 0.453 e. The van der Waals surface area contributed by atoms with Crippen molar-refractivity contribution in [2.75, 3.05) is 7.11 Å². The SMILES string of the molecule is COC1(C(=O)c2cc3ccccc3o2)CCCC1. The molecule has 0 bridgehead atoms. The van der Waals surface area contributed by atoms with Crippen LogP contribution in [-0.4, -0.2) is 18.5 Å². The summed E-state index contributed by atoms with van der Waals surface area (Å²) in [6.07, 6.45) is 3.67. The number of carbonyl (C=O) groups excluding carboxylic acids is 1. The summed E-state index contributed by atoms with van der Waals surface area (Å²) in [5.41, 5.74) is 0.0959. The Morgan fingerprint density at radius 2 is 2.00 bits per heavy atom. The molecule has 1 aliphatic carbocycles. The number of ketones is 1. The molecule has 18 heavy (non-hydrogen) atoms. The number of rotatable bonds is 3. The van der Waals surface area contributed by atoms with Gasteiger partial charge in [-0.15, -0.1) is 0 Å². The van der Waals surface area contributed by atoms with Gasteiger partial charge in [0.2, 0.25) is 5.78 Å². The minimum Gasteiger partial charge on any atom is -0.453 e. The van der Waals surface area contributed by atoms with Crippen molar-refractivity contribution in [1.29, 1.82) is 0 Å². The normalized spacial score (nSPS) is 18.3. The molecule has 3 nitrogen and oxygen atoms in total. The van der Waals surface area contributed by atoms with Crippen LogP contribution in [0.15, 0.2) is 34.7 Å². The van der Waals surface area contributed by atoms with Crippen molar-refractivity contribution in [1.82, 2.24) is 0 Å². The number of ether oxygens (including phenoxy) is 1. The molecule has 1 fully saturated rings. The van der Waals surface area contributed by atoms with Crippen LogP contribution >= 0.6 is 0 Å². The fraction of sp³-hybridized carbons (Fsp3) is 0.400. The molecule has 94 valence electrons. The molecule has 0 amide bonds. The Kier molecular flexibility index (Phi) is 2.71. The molecule has 0 atom stereocenters. The van der Waals surface area contributed by atoms with E-state index in [0.29, 0.717) is 5.76 Å². The van der Waals surface area contributed by atoms with Crippen LogP contribution in [0, 0.1) is 0 Å². The van der Waals surface area contributed by atoms with E-state index >= 15 is 0 Å². The Hall–Kier alpha value is -1.61. The lowest BCUT2D eigenvalue weighted by molar-refractivity contribution is 0.00402. The highest BCUT2D eigenvalue weighted by Gasteiger charge is 2.43. The molecule has 1 aromatic carbocycles. The molecule has 0 radical (unpaired) electrons. The van der Waals surface area contributed by atoms with Gasteiger partial charge < -0.3 is 9.15 Å². The molecule has 1 heterocycles. The van der Waals surface area contributed by atoms with Gasteiger partial charge in [0.05, 0.1) is 0 Å². The first kappa shape index (κ1) is 11.5. The monoisotopic (exact) mass is 244 g/mol. The summed E-state index contributed by atoms with van der Waals surface area (Å²) in [6, 6.07) is 9.48. The highest BCUT2D eigenvalue weighted by atomic mass is 16.5. The first-order valence-corrected chi connectivity index (χ1v) is 6.34. The highest BCUT2D eigenvalue weighted by molar-refractivity contribution is 6.03. The number of methoxy groups -OCH3 is 1. The average molecular weight is 244 g/mol. The van der Waals surface area contributed by atoms with Crippen LogP contribution in [0.25, 0.3) is 11.0 Å². The fourth-order valence-electron chi connectivity index (χ4n) is 2.79. The Labute approximate surface area is 106 Å². The Morgan fingerprint density at radius 1 is 1.28 bits per heavy atom. The lowest BCUT2D eigenvalue weighted by Crippen LogP contribution is -2.37. The van der Waals surface area contributed by atoms with Gasteiger partial charge in [0, 0.05) is 12.5 Å². The van der Waals surface area contributed by atoms with E-state index in [0.717, 1.165) is 36.7 Å². The zero-order chi connectivity index (χ0) is 12.6. The van der Waals surface area contributed by atoms with Gasteiger partial charge in [-0.25, -0.2) is 0 Å². The third-order valence-electron chi connectivity index (χ3n) is 3.87. The van der Waals surface area contributed by atoms with Crippen molar-refractivity contribution in [2.24, 2.45) is 0 Å². The molecule has 0 aliphatic heterocycles. The first-order chi connectivity index (χ1) is 8.75. The van der Waals surface area contributed by atoms with E-state index in [-0.39, 0.29) is 5.78 Å². The number of hydrogen-bond acceptors (Lipinski definition) is 3. The molecule has 3 heteroatoms. The molecule has 2 aromatic rings. The van der Waals surface area contributed by atoms with Gasteiger partial charge in [-0.2, -0.15) is 0 Å². The minimum atomic E-state index is -0.659. The number of Topliss-reactive ketones (excluding diaryl/α,β-unsaturated/α-hetero) is 1. The van der Waals surface area contributed by atoms with Crippen molar-refractivity contribution >= 4 is 16.8 Å². The Morgan fingerprint density at radius 3 is 2.67 bits per heavy atom. The highest BCUT2D eigenvalue weighted by Crippen LogP contribution is 2.36. The van der Waals surface area contributed by atoms with Gasteiger partial charge in [0.15, 0.2) is 5.76 Å². The molecule has 1 aromatic heterocycles. The van der Waals surface area contributed by atoms with Crippen molar-refractivity contribution in [2.45, 2.75) is 31.3 Å². The summed E-state index contributed by atoms with van der Waals surface area (Å²) in [4.78, 5) is 12.6. The van der Waals surface area contributed by atoms with Crippen LogP contribution in [0.3, 0.4) is 0 Å². The van der Waals surface area contributed by atoms with Crippen molar-refractivity contribution < 1.29 is 13.9 Å². The van der Waals surface area contributed by atoms with E-state index in [4.69, 9.17) is 9.15 Å². The second-order valence-electron chi connectivity index (χ2n) is 4.88. The molecule has 0 N–H and O–H groups in total. The van der Waals surface area contributed by atoms with Crippen molar-refractivity contribution in [3.05, 3.63) is 36.1 Å². The maximum absolute atomic E-state index is 12.6. The van der Waals surface area contributed by atoms with E-state index in [1.165, 1.54) is 0 Å². The predicted molar refractivity (Wildman–Crippen MR) is 68.8 cm³/mol. The Balaban J connectivity index is 2.00. The Bertz CT molecular complexity index is 543. The summed E-state index contributed by atoms with van der Waals surface area (Å²) >= 11 is 0. The van der Waals surface area contributed by atoms with Crippen LogP contribution in [0.4, 0.5) is 0 Å². The number of para-hydroxylation sites is 1. The van der Waals surface area contributed by atoms with Crippen molar-refractivity contribution in [3.63, 3.8) is 0 Å². The first-order valence-electron chi connectivity index (χ1n) is 6.34. The summed E-state index contributed by atoms with van der Waals surface area (Å²) in [5, 5.41) is 0.963. The molecule has 1 aliphatic rings. The van der Waals surface area contributed by atoms with Gasteiger partial charge in [0.25, 0.3) is 0 Å². The molecular formula is C15H16O3. The number of hydrogen-bond donors (Lipinski definition) is 0. The molecule has 1 saturated carbocycles. The molecule has 3 rings (SSSR count). The minimum absolute atomic E-state index is 0.0151. The van der Waals surface area contributed by atoms with Crippen LogP contribution in [0.2, 0.25) is 0 Å². The third-order valence-corrected chi connectivity index (χ3v) is 3.87. The van der Waals surface area contributed by atoms with Crippen molar-refractivity contribution in [3.8, 4) is 0 Å². The van der Waals surface area contributed by atoms with E-state index in [1.54, 1.807) is 7.11 Å². The molecule has 0 spiro atoms. The van der Waals surface area contributed by atoms with Crippen LogP contribution < -0.4 is 0 Å². The standard InChI is InChI=1S/C15H16O3/c1-17-15(8-4-5-9-15)14(16)13-10-11-6-2-3-7-12(11)18-13/h2-3,6-7,10H,4-5,8-9H2,1H3. The van der Waals surface area contributed by atoms with E-state index in [9.17, 15) is 4.79 Å². The van der Waals surface area contributed by atoms with Gasteiger partial charge in [0.1, 0.15) is 11.2 Å². The third kappa shape index (κ3) is 1.66. The van der Waals surface area contributed by atoms with Crippen LogP contribution in [-0.2, 0) is 4.74 Å². The number of furan rings is 1. The summed E-state index contributed by atoms with van der Waals surface area (Å²) < 4.78 is 11.1. The number of carbonyl (C=O) groups is 1. The maximum Gasteiger partial charge on any atom is 0.229 e. The smallest absolute Gasteiger partial charge is 0.229 e. The zero-order valence-corrected chi connectivity index (χ0v) is 10.4. The number of benzene rings is 1. The fourth-order valence-corrected chi connectivity index (χ4v) is 2.79. The van der Waals surface area contributed by atoms with E-state index in [2.05, 4.69) is 0 Å². The topological polar surface area (TPSA) is 39.4 Å². The zero-order valence-electron chi connectivity index (χ0n) is 10.4. The summed E-state index contributed by atoms with van der Waals surface area (Å²) in [5.74, 6) is 0.402. The number of fused-ring (bicyclic) bond motifs is 1. The van der Waals surface area contributed by atoms with E-state index < -0.39 is 5.60 Å². The second kappa shape index (κ2) is 4.25. The van der Waals surface area contributed by atoms with Gasteiger partial charge in [-0.05, 0) is 37.8 Å². The van der Waals surface area contributed by atoms with Gasteiger partial charge in [-0.3, -0.25) is 4.79 Å². The van der Waals surface area contributed by atoms with Crippen LogP contribution in [0.1, 0.15) is 36.2 Å². The quantitative estimate of drug-likeness (QED) is 0.775. The lowest BCUT2D eigenvalue weighted by atomic mass is 9.94. The average Bonchev–Trinajstić information content (AvgIpc) is 3.05. The second-order valence-corrected chi connectivity index (χ2v) is 4.88. The summed E-state index contributed by atoms with van der Waals surface area (Å²) in [7, 11) is 1.62. The van der Waals surface area contributed by atoms with Gasteiger partial charge in [-0.1, -0.05) is 18.2 Å². The molecular weight excluding hydrogens is 228 g/mol.